The topological polar surface area (TPSA) is 106 Å². The number of amides is 1. The zero-order valence-electron chi connectivity index (χ0n) is 15.0. The minimum atomic E-state index is -0.209. The highest BCUT2D eigenvalue weighted by molar-refractivity contribution is 7.12. The van der Waals surface area contributed by atoms with E-state index in [1.54, 1.807) is 41.2 Å². The maximum absolute atomic E-state index is 12.3. The van der Waals surface area contributed by atoms with E-state index in [4.69, 9.17) is 5.41 Å². The third-order valence-corrected chi connectivity index (χ3v) is 4.94. The monoisotopic (exact) mass is 397 g/mol. The maximum atomic E-state index is 12.3. The van der Waals surface area contributed by atoms with Gasteiger partial charge in [-0.2, -0.15) is 9.83 Å². The van der Waals surface area contributed by atoms with Gasteiger partial charge in [0.2, 0.25) is 5.52 Å². The number of hydrogen-bond acceptors (Lipinski definition) is 6. The number of rotatable bonds is 4. The summed E-state index contributed by atoms with van der Waals surface area (Å²) in [5, 5.41) is 21.5. The van der Waals surface area contributed by atoms with Crippen molar-refractivity contribution in [3.05, 3.63) is 76.9 Å². The average Bonchev–Trinajstić information content (AvgIpc) is 3.29. The van der Waals surface area contributed by atoms with E-state index in [2.05, 4.69) is 21.2 Å². The van der Waals surface area contributed by atoms with Gasteiger partial charge in [0.05, 0.1) is 16.8 Å². The van der Waals surface area contributed by atoms with Gasteiger partial charge in [0.15, 0.2) is 5.69 Å². The first-order valence-electron chi connectivity index (χ1n) is 8.53. The van der Waals surface area contributed by atoms with E-state index in [-0.39, 0.29) is 17.2 Å². The minimum Gasteiger partial charge on any atom is -0.318 e. The van der Waals surface area contributed by atoms with Gasteiger partial charge in [0.25, 0.3) is 5.91 Å². The summed E-state index contributed by atoms with van der Waals surface area (Å²) in [6, 6.07) is 16.3. The summed E-state index contributed by atoms with van der Waals surface area (Å²) in [5.74, 6) is 2.29. The average molecular weight is 397 g/mol. The molecule has 0 aliphatic carbocycles. The zero-order valence-corrected chi connectivity index (χ0v) is 15.8. The van der Waals surface area contributed by atoms with Crippen LogP contribution in [0.5, 0.6) is 0 Å². The molecule has 138 valence electrons. The van der Waals surface area contributed by atoms with E-state index in [0.29, 0.717) is 27.4 Å². The maximum Gasteiger partial charge on any atom is 0.356 e. The number of para-hydroxylation sites is 2. The molecule has 0 saturated heterocycles. The fourth-order valence-corrected chi connectivity index (χ4v) is 3.38. The molecule has 7 nitrogen and oxygen atoms in total. The van der Waals surface area contributed by atoms with Crippen LogP contribution in [0.25, 0.3) is 22.4 Å². The van der Waals surface area contributed by atoms with Crippen LogP contribution in [0.3, 0.4) is 0 Å². The number of carbonyl (C=O) groups is 1. The predicted molar refractivity (Wildman–Crippen MR) is 110 cm³/mol. The Balaban J connectivity index is 1.82. The molecular weight excluding hydrogens is 384 g/mol. The molecule has 0 spiro atoms. The third kappa shape index (κ3) is 3.64. The van der Waals surface area contributed by atoms with Crippen molar-refractivity contribution in [1.82, 2.24) is 9.97 Å². The number of nitriles is 1. The van der Waals surface area contributed by atoms with Crippen molar-refractivity contribution in [2.24, 2.45) is 0 Å². The first kappa shape index (κ1) is 18.2. The molecule has 29 heavy (non-hydrogen) atoms. The van der Waals surface area contributed by atoms with Crippen molar-refractivity contribution in [2.45, 2.75) is 0 Å². The van der Waals surface area contributed by atoms with E-state index < -0.39 is 0 Å². The van der Waals surface area contributed by atoms with E-state index in [0.717, 1.165) is 0 Å². The Labute approximate surface area is 169 Å². The van der Waals surface area contributed by atoms with Crippen molar-refractivity contribution in [3.8, 4) is 11.9 Å². The number of hydrogen-bond donors (Lipinski definition) is 2. The van der Waals surface area contributed by atoms with Crippen LogP contribution in [-0.4, -0.2) is 21.7 Å². The lowest BCUT2D eigenvalue weighted by atomic mass is 10.2. The lowest BCUT2D eigenvalue weighted by Gasteiger charge is -2.06. The summed E-state index contributed by atoms with van der Waals surface area (Å²) in [4.78, 5) is 22.1. The molecule has 0 atom stereocenters. The zero-order chi connectivity index (χ0) is 20.2. The van der Waals surface area contributed by atoms with Gasteiger partial charge in [-0.05, 0) is 46.6 Å². The number of nitrogens with one attached hydrogen (secondary N) is 2. The van der Waals surface area contributed by atoms with Gasteiger partial charge >= 0.3 is 5.82 Å². The van der Waals surface area contributed by atoms with Crippen LogP contribution in [0.4, 0.5) is 5.69 Å². The SMILES string of the molecule is N#CC(=C=N)c1nc2ccccc2nc1-[n+]1cccc(NC(=O)c2cccs2)c1. The highest BCUT2D eigenvalue weighted by Crippen LogP contribution is 2.19. The highest BCUT2D eigenvalue weighted by Gasteiger charge is 2.23. The van der Waals surface area contributed by atoms with E-state index in [1.165, 1.54) is 11.3 Å². The number of benzene rings is 1. The van der Waals surface area contributed by atoms with Crippen LogP contribution >= 0.6 is 11.3 Å². The molecule has 0 unspecified atom stereocenters. The number of allylic oxidation sites excluding steroid dienone is 1. The standard InChI is InChI=1S/C21H12N6OS/c22-11-14(12-23)19-20(26-17-7-2-1-6-16(17)25-19)27-9-3-5-15(13-27)24-21(28)18-8-4-10-29-18/h1-10,13,22H/p+1. The predicted octanol–water partition coefficient (Wildman–Crippen LogP) is 3.38. The van der Waals surface area contributed by atoms with Gasteiger partial charge in [0.1, 0.15) is 23.4 Å². The molecule has 0 bridgehead atoms. The number of anilines is 1. The molecule has 1 amide bonds. The van der Waals surface area contributed by atoms with Crippen molar-refractivity contribution in [2.75, 3.05) is 5.32 Å². The lowest BCUT2D eigenvalue weighted by molar-refractivity contribution is -0.599. The summed E-state index contributed by atoms with van der Waals surface area (Å²) < 4.78 is 1.66. The Morgan fingerprint density at radius 3 is 2.59 bits per heavy atom. The summed E-state index contributed by atoms with van der Waals surface area (Å²) in [7, 11) is 0. The Hall–Kier alpha value is -4.18. The fraction of sp³-hybridized carbons (Fsp3) is 0. The quantitative estimate of drug-likeness (QED) is 0.313. The van der Waals surface area contributed by atoms with Crippen LogP contribution in [0.2, 0.25) is 0 Å². The Morgan fingerprint density at radius 1 is 1.10 bits per heavy atom. The van der Waals surface area contributed by atoms with Crippen LogP contribution < -0.4 is 9.88 Å². The minimum absolute atomic E-state index is 0.0289. The van der Waals surface area contributed by atoms with Gasteiger partial charge in [-0.1, -0.05) is 18.2 Å². The number of carbonyl (C=O) groups excluding carboxylic acids is 1. The molecule has 0 radical (unpaired) electrons. The molecule has 0 aliphatic heterocycles. The van der Waals surface area contributed by atoms with Gasteiger partial charge in [-0.15, -0.1) is 11.3 Å². The normalized spacial score (nSPS) is 10.2. The second-order valence-electron chi connectivity index (χ2n) is 5.93. The Bertz CT molecular complexity index is 1320. The molecule has 2 N–H and O–H groups in total. The molecule has 1 aromatic carbocycles. The summed E-state index contributed by atoms with van der Waals surface area (Å²) in [6.07, 6.45) is 3.43. The Kier molecular flexibility index (Phi) is 4.91. The first-order chi connectivity index (χ1) is 14.2. The van der Waals surface area contributed by atoms with Crippen molar-refractivity contribution >= 4 is 45.4 Å². The largest absolute Gasteiger partial charge is 0.356 e. The molecule has 0 aliphatic rings. The third-order valence-electron chi connectivity index (χ3n) is 4.07. The van der Waals surface area contributed by atoms with Crippen molar-refractivity contribution < 1.29 is 9.36 Å². The smallest absolute Gasteiger partial charge is 0.318 e. The van der Waals surface area contributed by atoms with E-state index in [1.807, 2.05) is 35.7 Å². The number of pyridine rings is 1. The van der Waals surface area contributed by atoms with Crippen LogP contribution in [0, 0.1) is 16.7 Å². The molecule has 0 fully saturated rings. The summed E-state index contributed by atoms with van der Waals surface area (Å²) >= 11 is 1.35. The molecule has 3 heterocycles. The van der Waals surface area contributed by atoms with Crippen molar-refractivity contribution in [1.29, 1.82) is 10.7 Å². The molecule has 3 aromatic heterocycles. The number of fused-ring (bicyclic) bond motifs is 1. The molecule has 4 aromatic rings. The van der Waals surface area contributed by atoms with Gasteiger partial charge in [-0.3, -0.25) is 10.2 Å². The van der Waals surface area contributed by atoms with Gasteiger partial charge < -0.3 is 5.32 Å². The number of thiophene rings is 1. The number of aromatic nitrogens is 3. The molecular formula is C21H13N6OS+. The second kappa shape index (κ2) is 7.82. The van der Waals surface area contributed by atoms with E-state index >= 15 is 0 Å². The van der Waals surface area contributed by atoms with Crippen LogP contribution in [0.1, 0.15) is 15.4 Å². The van der Waals surface area contributed by atoms with Gasteiger partial charge in [-0.25, -0.2) is 4.98 Å². The molecule has 8 heteroatoms. The Morgan fingerprint density at radius 2 is 1.90 bits per heavy atom. The molecule has 0 saturated carbocycles. The van der Waals surface area contributed by atoms with Gasteiger partial charge in [0, 0.05) is 0 Å². The molecule has 4 rings (SSSR count). The number of nitrogens with zero attached hydrogens (tertiary/aromatic N) is 4. The van der Waals surface area contributed by atoms with Crippen LogP contribution in [0.15, 0.2) is 66.3 Å². The van der Waals surface area contributed by atoms with Crippen LogP contribution in [-0.2, 0) is 0 Å². The summed E-state index contributed by atoms with van der Waals surface area (Å²) in [6.45, 7) is 0. The second-order valence-corrected chi connectivity index (χ2v) is 6.88. The van der Waals surface area contributed by atoms with E-state index in [9.17, 15) is 10.1 Å². The first-order valence-corrected chi connectivity index (χ1v) is 9.41. The van der Waals surface area contributed by atoms with Crippen molar-refractivity contribution in [3.63, 3.8) is 0 Å². The highest BCUT2D eigenvalue weighted by atomic mass is 32.1. The summed E-state index contributed by atoms with van der Waals surface area (Å²) in [5.41, 5.74) is 2.03. The fourth-order valence-electron chi connectivity index (χ4n) is 2.76. The lowest BCUT2D eigenvalue weighted by Crippen LogP contribution is -2.33.